The van der Waals surface area contributed by atoms with Crippen molar-refractivity contribution in [1.82, 2.24) is 20.0 Å². The summed E-state index contributed by atoms with van der Waals surface area (Å²) in [6.07, 6.45) is 3.35. The number of rotatable bonds is 6. The summed E-state index contributed by atoms with van der Waals surface area (Å²) in [6.45, 7) is 1.66. The first-order valence-corrected chi connectivity index (χ1v) is 9.81. The van der Waals surface area contributed by atoms with Crippen LogP contribution in [-0.4, -0.2) is 39.2 Å². The first kappa shape index (κ1) is 19.3. The van der Waals surface area contributed by atoms with Gasteiger partial charge in [0.1, 0.15) is 23.5 Å². The van der Waals surface area contributed by atoms with Gasteiger partial charge >= 0.3 is 0 Å². The van der Waals surface area contributed by atoms with E-state index in [-0.39, 0.29) is 6.10 Å². The van der Waals surface area contributed by atoms with E-state index in [2.05, 4.69) is 15.1 Å². The summed E-state index contributed by atoms with van der Waals surface area (Å²) in [4.78, 5) is 10.5. The summed E-state index contributed by atoms with van der Waals surface area (Å²) in [5.41, 5.74) is 1.92. The molecule has 1 fully saturated rings. The van der Waals surface area contributed by atoms with Gasteiger partial charge in [-0.05, 0) is 54.6 Å². The molecule has 1 aliphatic heterocycles. The second kappa shape index (κ2) is 8.23. The summed E-state index contributed by atoms with van der Waals surface area (Å²) in [7, 11) is 0. The lowest BCUT2D eigenvalue weighted by Crippen LogP contribution is -2.53. The largest absolute Gasteiger partial charge is 0.488 e. The molecule has 0 radical (unpaired) electrons. The second-order valence-corrected chi connectivity index (χ2v) is 7.36. The first-order valence-electron chi connectivity index (χ1n) is 9.81. The van der Waals surface area contributed by atoms with Gasteiger partial charge in [0.15, 0.2) is 0 Å². The fraction of sp³-hybridized carbons (Fsp3) is 0.174. The minimum absolute atomic E-state index is 0.00447. The smallest absolute Gasteiger partial charge is 0.259 e. The van der Waals surface area contributed by atoms with Crippen molar-refractivity contribution in [3.05, 3.63) is 84.2 Å². The maximum Gasteiger partial charge on any atom is 0.259 e. The van der Waals surface area contributed by atoms with Crippen molar-refractivity contribution in [1.29, 1.82) is 0 Å². The van der Waals surface area contributed by atoms with Gasteiger partial charge in [-0.2, -0.15) is 4.98 Å². The molecule has 0 spiro atoms. The highest BCUT2D eigenvalue weighted by atomic mass is 19.1. The molecule has 3 heterocycles. The van der Waals surface area contributed by atoms with Crippen molar-refractivity contribution in [2.24, 2.45) is 0 Å². The van der Waals surface area contributed by atoms with Crippen molar-refractivity contribution in [2.75, 3.05) is 13.1 Å². The molecule has 4 aromatic rings. The van der Waals surface area contributed by atoms with E-state index in [1.54, 1.807) is 12.4 Å². The zero-order chi connectivity index (χ0) is 21.2. The Balaban J connectivity index is 1.17. The number of pyridine rings is 1. The third kappa shape index (κ3) is 4.29. The topological polar surface area (TPSA) is 64.3 Å². The maximum absolute atomic E-state index is 13.8. The third-order valence-electron chi connectivity index (χ3n) is 5.08. The first-order chi connectivity index (χ1) is 15.1. The molecule has 0 unspecified atom stereocenters. The molecule has 5 rings (SSSR count). The lowest BCUT2D eigenvalue weighted by molar-refractivity contribution is 0.0139. The monoisotopic (exact) mass is 420 g/mol. The Labute approximate surface area is 177 Å². The van der Waals surface area contributed by atoms with E-state index in [9.17, 15) is 8.78 Å². The molecule has 31 heavy (non-hydrogen) atoms. The van der Waals surface area contributed by atoms with E-state index >= 15 is 0 Å². The molecule has 0 bridgehead atoms. The molecule has 0 N–H and O–H groups in total. The molecule has 1 aliphatic rings. The third-order valence-corrected chi connectivity index (χ3v) is 5.08. The summed E-state index contributed by atoms with van der Waals surface area (Å²) in [5.74, 6) is 0.792. The number of ether oxygens (including phenoxy) is 1. The lowest BCUT2D eigenvalue weighted by atomic mass is 10.1. The molecular weight excluding hydrogens is 402 g/mol. The van der Waals surface area contributed by atoms with Gasteiger partial charge in [-0.1, -0.05) is 5.16 Å². The van der Waals surface area contributed by atoms with Crippen molar-refractivity contribution in [2.45, 2.75) is 12.6 Å². The van der Waals surface area contributed by atoms with Crippen molar-refractivity contribution in [3.8, 4) is 28.6 Å². The Bertz CT molecular complexity index is 1180. The fourth-order valence-corrected chi connectivity index (χ4v) is 3.45. The van der Waals surface area contributed by atoms with Crippen LogP contribution in [0.5, 0.6) is 5.75 Å². The Morgan fingerprint density at radius 2 is 1.87 bits per heavy atom. The quantitative estimate of drug-likeness (QED) is 0.462. The summed E-state index contributed by atoms with van der Waals surface area (Å²) in [5, 5.41) is 4.03. The van der Waals surface area contributed by atoms with Crippen molar-refractivity contribution in [3.63, 3.8) is 0 Å². The van der Waals surface area contributed by atoms with Crippen LogP contribution in [0, 0.1) is 11.6 Å². The van der Waals surface area contributed by atoms with Gasteiger partial charge in [0, 0.05) is 43.2 Å². The van der Waals surface area contributed by atoms with Gasteiger partial charge in [0.2, 0.25) is 5.82 Å². The Morgan fingerprint density at radius 3 is 2.65 bits per heavy atom. The number of nitrogens with zero attached hydrogens (tertiary/aromatic N) is 4. The predicted octanol–water partition coefficient (Wildman–Crippen LogP) is 4.34. The normalized spacial score (nSPS) is 14.4. The van der Waals surface area contributed by atoms with Crippen LogP contribution in [0.25, 0.3) is 22.8 Å². The summed E-state index contributed by atoms with van der Waals surface area (Å²) < 4.78 is 38.3. The van der Waals surface area contributed by atoms with Crippen LogP contribution in [0.4, 0.5) is 8.78 Å². The number of hydrogen-bond acceptors (Lipinski definition) is 6. The van der Waals surface area contributed by atoms with Gasteiger partial charge in [-0.25, -0.2) is 8.78 Å². The molecule has 0 atom stereocenters. The molecule has 8 heteroatoms. The van der Waals surface area contributed by atoms with E-state index in [1.165, 1.54) is 6.07 Å². The van der Waals surface area contributed by atoms with E-state index in [0.717, 1.165) is 29.0 Å². The van der Waals surface area contributed by atoms with Crippen LogP contribution in [0.1, 0.15) is 5.56 Å². The minimum atomic E-state index is -0.432. The highest BCUT2D eigenvalue weighted by Crippen LogP contribution is 2.25. The number of benzene rings is 2. The van der Waals surface area contributed by atoms with Crippen molar-refractivity contribution >= 4 is 0 Å². The van der Waals surface area contributed by atoms with Crippen LogP contribution in [-0.2, 0) is 6.54 Å². The molecule has 2 aromatic carbocycles. The van der Waals surface area contributed by atoms with E-state index in [0.29, 0.717) is 36.9 Å². The Kier molecular flexibility index (Phi) is 5.13. The average molecular weight is 420 g/mol. The molecule has 6 nitrogen and oxygen atoms in total. The standard InChI is InChI=1S/C23H18F2N4O2/c24-18-5-8-21(25)17(10-18)12-29-13-20(14-29)30-19-6-3-15(4-7-19)22-27-23(31-28-22)16-2-1-9-26-11-16/h1-11,20H,12-14H2. The molecule has 0 amide bonds. The number of aromatic nitrogens is 3. The van der Waals surface area contributed by atoms with Crippen LogP contribution in [0.3, 0.4) is 0 Å². The highest BCUT2D eigenvalue weighted by molar-refractivity contribution is 5.59. The van der Waals surface area contributed by atoms with Gasteiger partial charge in [0.05, 0.1) is 5.56 Å². The number of hydrogen-bond donors (Lipinski definition) is 0. The second-order valence-electron chi connectivity index (χ2n) is 7.36. The Morgan fingerprint density at radius 1 is 1.03 bits per heavy atom. The SMILES string of the molecule is Fc1ccc(F)c(CN2CC(Oc3ccc(-c4noc(-c5cccnc5)n4)cc3)C2)c1. The molecule has 0 aliphatic carbocycles. The average Bonchev–Trinajstić information content (AvgIpc) is 3.26. The molecule has 2 aromatic heterocycles. The van der Waals surface area contributed by atoms with Crippen LogP contribution in [0.15, 0.2) is 71.5 Å². The predicted molar refractivity (Wildman–Crippen MR) is 109 cm³/mol. The van der Waals surface area contributed by atoms with E-state index in [1.807, 2.05) is 41.3 Å². The highest BCUT2D eigenvalue weighted by Gasteiger charge is 2.29. The fourth-order valence-electron chi connectivity index (χ4n) is 3.45. The van der Waals surface area contributed by atoms with Crippen LogP contribution in [0.2, 0.25) is 0 Å². The van der Waals surface area contributed by atoms with Gasteiger partial charge in [-0.15, -0.1) is 0 Å². The Hall–Kier alpha value is -3.65. The minimum Gasteiger partial charge on any atom is -0.488 e. The molecule has 0 saturated carbocycles. The van der Waals surface area contributed by atoms with Crippen LogP contribution < -0.4 is 4.74 Å². The lowest BCUT2D eigenvalue weighted by Gasteiger charge is -2.39. The van der Waals surface area contributed by atoms with Gasteiger partial charge in [-0.3, -0.25) is 9.88 Å². The summed E-state index contributed by atoms with van der Waals surface area (Å²) >= 11 is 0. The van der Waals surface area contributed by atoms with Gasteiger partial charge < -0.3 is 9.26 Å². The zero-order valence-corrected chi connectivity index (χ0v) is 16.4. The molecule has 1 saturated heterocycles. The van der Waals surface area contributed by atoms with Gasteiger partial charge in [0.25, 0.3) is 5.89 Å². The number of halogens is 2. The van der Waals surface area contributed by atoms with E-state index < -0.39 is 11.6 Å². The molecule has 156 valence electrons. The molecular formula is C23H18F2N4O2. The zero-order valence-electron chi connectivity index (χ0n) is 16.4. The number of likely N-dealkylation sites (tertiary alicyclic amines) is 1. The van der Waals surface area contributed by atoms with E-state index in [4.69, 9.17) is 9.26 Å². The van der Waals surface area contributed by atoms with Crippen LogP contribution >= 0.6 is 0 Å². The van der Waals surface area contributed by atoms with Crippen molar-refractivity contribution < 1.29 is 18.0 Å². The summed E-state index contributed by atoms with van der Waals surface area (Å²) in [6, 6.07) is 14.6. The maximum atomic E-state index is 13.8.